The van der Waals surface area contributed by atoms with Crippen LogP contribution in [0.25, 0.3) is 0 Å². The number of cyclic esters (lactones) is 1. The van der Waals surface area contributed by atoms with Crippen molar-refractivity contribution in [2.45, 2.75) is 127 Å². The minimum absolute atomic E-state index is 0.0841. The molecular formula is C41H54F2N6O8. The van der Waals surface area contributed by atoms with Crippen LogP contribution in [-0.4, -0.2) is 119 Å². The van der Waals surface area contributed by atoms with E-state index < -0.39 is 95.9 Å². The fourth-order valence-corrected chi connectivity index (χ4v) is 8.88. The van der Waals surface area contributed by atoms with Gasteiger partial charge in [0.2, 0.25) is 35.4 Å². The van der Waals surface area contributed by atoms with Crippen LogP contribution in [0, 0.1) is 23.5 Å². The second-order valence-electron chi connectivity index (χ2n) is 16.3. The first kappa shape index (κ1) is 41.7. The second kappa shape index (κ2) is 18.6. The van der Waals surface area contributed by atoms with Crippen LogP contribution in [0.1, 0.15) is 90.0 Å². The van der Waals surface area contributed by atoms with Crippen molar-refractivity contribution in [1.82, 2.24) is 30.7 Å². The Hall–Kier alpha value is -4.89. The van der Waals surface area contributed by atoms with Gasteiger partial charge in [-0.15, -0.1) is 0 Å². The van der Waals surface area contributed by atoms with Crippen LogP contribution in [0.5, 0.6) is 0 Å². The van der Waals surface area contributed by atoms with Gasteiger partial charge in [0.25, 0.3) is 0 Å². The molecule has 1 aromatic rings. The van der Waals surface area contributed by atoms with Crippen molar-refractivity contribution in [2.24, 2.45) is 11.8 Å². The molecule has 5 aliphatic rings. The number of piperidine rings is 1. The van der Waals surface area contributed by atoms with E-state index in [1.807, 2.05) is 6.92 Å². The van der Waals surface area contributed by atoms with Crippen molar-refractivity contribution in [3.63, 3.8) is 0 Å². The number of hydrogen-bond donors (Lipinski definition) is 3. The summed E-state index contributed by atoms with van der Waals surface area (Å²) >= 11 is 0. The van der Waals surface area contributed by atoms with E-state index in [1.165, 1.54) is 21.6 Å². The summed E-state index contributed by atoms with van der Waals surface area (Å²) < 4.78 is 34.3. The van der Waals surface area contributed by atoms with Gasteiger partial charge in [-0.05, 0) is 101 Å². The molecule has 0 aromatic heterocycles. The number of fused-ring (bicyclic) bond motifs is 3. The summed E-state index contributed by atoms with van der Waals surface area (Å²) in [5.74, 6) is -5.82. The van der Waals surface area contributed by atoms with Gasteiger partial charge in [-0.3, -0.25) is 28.8 Å². The molecular weight excluding hydrogens is 742 g/mol. The molecule has 4 heterocycles. The second-order valence-corrected chi connectivity index (χ2v) is 16.3. The molecule has 1 aliphatic carbocycles. The first-order valence-electron chi connectivity index (χ1n) is 20.4. The zero-order valence-electron chi connectivity index (χ0n) is 32.7. The van der Waals surface area contributed by atoms with E-state index in [0.29, 0.717) is 50.5 Å². The molecule has 57 heavy (non-hydrogen) atoms. The van der Waals surface area contributed by atoms with E-state index >= 15 is 0 Å². The van der Waals surface area contributed by atoms with Crippen LogP contribution in [0.15, 0.2) is 30.4 Å². The van der Waals surface area contributed by atoms with Crippen molar-refractivity contribution in [1.29, 1.82) is 0 Å². The Morgan fingerprint density at radius 2 is 1.58 bits per heavy atom. The van der Waals surface area contributed by atoms with Crippen LogP contribution in [0.4, 0.5) is 8.78 Å². The maximum Gasteiger partial charge on any atom is 0.328 e. The summed E-state index contributed by atoms with van der Waals surface area (Å²) in [5.41, 5.74) is 0.0841. The van der Waals surface area contributed by atoms with E-state index in [-0.39, 0.29) is 50.4 Å². The van der Waals surface area contributed by atoms with E-state index in [0.717, 1.165) is 31.4 Å². The fraction of sp³-hybridized carbons (Fsp3) is 0.634. The molecule has 310 valence electrons. The lowest BCUT2D eigenvalue weighted by Gasteiger charge is -2.39. The summed E-state index contributed by atoms with van der Waals surface area (Å²) in [4.78, 5) is 101. The van der Waals surface area contributed by atoms with Crippen molar-refractivity contribution in [3.8, 4) is 0 Å². The quantitative estimate of drug-likeness (QED) is 0.266. The molecule has 14 nitrogen and oxygen atoms in total. The van der Waals surface area contributed by atoms with Crippen molar-refractivity contribution in [3.05, 3.63) is 47.5 Å². The molecule has 8 atom stereocenters. The molecule has 0 saturated carbocycles. The molecule has 16 heteroatoms. The predicted molar refractivity (Wildman–Crippen MR) is 202 cm³/mol. The number of amides is 6. The van der Waals surface area contributed by atoms with Crippen LogP contribution in [-0.2, 0) is 44.7 Å². The van der Waals surface area contributed by atoms with Crippen LogP contribution in [0.3, 0.4) is 0 Å². The van der Waals surface area contributed by atoms with Gasteiger partial charge in [-0.2, -0.15) is 0 Å². The normalized spacial score (nSPS) is 29.2. The molecule has 3 N–H and O–H groups in total. The summed E-state index contributed by atoms with van der Waals surface area (Å²) in [6.45, 7) is 3.40. The fourth-order valence-electron chi connectivity index (χ4n) is 8.88. The number of ether oxygens (including phenoxy) is 1. The van der Waals surface area contributed by atoms with Crippen molar-refractivity contribution in [2.75, 3.05) is 26.2 Å². The Kier molecular flexibility index (Phi) is 13.6. The first-order valence-corrected chi connectivity index (χ1v) is 20.4. The van der Waals surface area contributed by atoms with E-state index in [1.54, 1.807) is 0 Å². The molecule has 1 aromatic carbocycles. The number of benzene rings is 1. The largest absolute Gasteiger partial charge is 0.461 e. The molecule has 4 aliphatic heterocycles. The van der Waals surface area contributed by atoms with Gasteiger partial charge in [0.05, 0.1) is 0 Å². The highest BCUT2D eigenvalue weighted by Gasteiger charge is 2.46. The van der Waals surface area contributed by atoms with E-state index in [2.05, 4.69) is 28.1 Å². The van der Waals surface area contributed by atoms with Gasteiger partial charge in [-0.1, -0.05) is 19.1 Å². The topological polar surface area (TPSA) is 175 Å². The Bertz CT molecular complexity index is 1740. The predicted octanol–water partition coefficient (Wildman–Crippen LogP) is 2.28. The number of rotatable bonds is 8. The minimum atomic E-state index is -1.54. The number of carbonyl (C=O) groups excluding carboxylic acids is 7. The van der Waals surface area contributed by atoms with E-state index in [9.17, 15) is 42.3 Å². The molecule has 0 spiro atoms. The lowest BCUT2D eigenvalue weighted by molar-refractivity contribution is -0.158. The number of nitrogens with zero attached hydrogens (tertiary/aromatic N) is 3. The standard InChI is InChI=1S/C41H54F2N6O8/c1-24-17-34-41(56)57-23-31(46-36(51)30(20-27-18-28(42)21-29(43)19-27)45-35(50)14-13-26-9-4-3-5-10-26)39(54)48-16-8-12-33(48)40(55)47-15-7-6-11-32(47)37(52)44-25(2)38(53)49(34)22-24/h3-4,18-19,21,24-26,30-34H,5-17,20,22-23H2,1-2H3,(H,44,52)(H,45,50)(H,46,51)/t24-,25+,26-,30+,31+,32+,33+,34+/m1/s1. The van der Waals surface area contributed by atoms with Gasteiger partial charge >= 0.3 is 5.97 Å². The minimum Gasteiger partial charge on any atom is -0.461 e. The van der Waals surface area contributed by atoms with Crippen LogP contribution >= 0.6 is 0 Å². The summed E-state index contributed by atoms with van der Waals surface area (Å²) in [6, 6.07) is -4.00. The molecule has 0 unspecified atom stereocenters. The Balaban J connectivity index is 1.28. The number of allylic oxidation sites excluding steroid dienone is 2. The summed E-state index contributed by atoms with van der Waals surface area (Å²) in [6.07, 6.45) is 9.88. The van der Waals surface area contributed by atoms with Gasteiger partial charge in [0, 0.05) is 38.5 Å². The number of hydrogen-bond acceptors (Lipinski definition) is 8. The molecule has 4 saturated heterocycles. The SMILES string of the molecule is C[C@@H]1C[C@H]2C(=O)OC[C@H](NC(=O)[C@H](Cc3cc(F)cc(F)c3)NC(=O)CC[C@@H]3CC=CCC3)C(=O)N3CCC[C@H]3C(=O)N3CCCC[C@H]3C(=O)N[C@@H](C)C(=O)N2C1. The number of carbonyl (C=O) groups is 7. The van der Waals surface area contributed by atoms with Gasteiger partial charge in [0.1, 0.15) is 54.5 Å². The lowest BCUT2D eigenvalue weighted by atomic mass is 9.90. The van der Waals surface area contributed by atoms with Gasteiger partial charge in [-0.25, -0.2) is 13.6 Å². The highest BCUT2D eigenvalue weighted by Crippen LogP contribution is 2.28. The van der Waals surface area contributed by atoms with Crippen molar-refractivity contribution >= 4 is 41.4 Å². The number of esters is 1. The highest BCUT2D eigenvalue weighted by molar-refractivity contribution is 5.97. The number of halogens is 2. The molecule has 0 bridgehead atoms. The summed E-state index contributed by atoms with van der Waals surface area (Å²) in [7, 11) is 0. The maximum absolute atomic E-state index is 14.5. The molecule has 0 radical (unpaired) electrons. The van der Waals surface area contributed by atoms with Crippen molar-refractivity contribution < 1.29 is 47.1 Å². The average molecular weight is 797 g/mol. The third kappa shape index (κ3) is 10.2. The molecule has 4 fully saturated rings. The molecule has 6 rings (SSSR count). The number of nitrogens with one attached hydrogen (secondary N) is 3. The van der Waals surface area contributed by atoms with E-state index in [4.69, 9.17) is 4.74 Å². The first-order chi connectivity index (χ1) is 27.3. The summed E-state index contributed by atoms with van der Waals surface area (Å²) in [5, 5.41) is 8.10. The lowest BCUT2D eigenvalue weighted by Crippen LogP contribution is -2.62. The maximum atomic E-state index is 14.5. The van der Waals surface area contributed by atoms with Crippen LogP contribution < -0.4 is 16.0 Å². The zero-order valence-corrected chi connectivity index (χ0v) is 32.7. The zero-order chi connectivity index (χ0) is 40.8. The Morgan fingerprint density at radius 3 is 2.32 bits per heavy atom. The molecule has 6 amide bonds. The third-order valence-electron chi connectivity index (χ3n) is 11.9. The van der Waals surface area contributed by atoms with Gasteiger partial charge < -0.3 is 35.4 Å². The smallest absolute Gasteiger partial charge is 0.328 e. The Morgan fingerprint density at radius 1 is 0.860 bits per heavy atom. The third-order valence-corrected chi connectivity index (χ3v) is 11.9. The average Bonchev–Trinajstić information content (AvgIpc) is 3.84. The Labute approximate surface area is 331 Å². The van der Waals surface area contributed by atoms with Gasteiger partial charge in [0.15, 0.2) is 0 Å². The van der Waals surface area contributed by atoms with Crippen LogP contribution in [0.2, 0.25) is 0 Å². The monoisotopic (exact) mass is 796 g/mol. The highest BCUT2D eigenvalue weighted by atomic mass is 19.1.